The summed E-state index contributed by atoms with van der Waals surface area (Å²) in [6.07, 6.45) is 1.77. The van der Waals surface area contributed by atoms with Gasteiger partial charge in [0.05, 0.1) is 6.42 Å². The molecule has 0 aliphatic rings. The third kappa shape index (κ3) is 4.76. The number of amides is 3. The molecule has 0 saturated heterocycles. The molecule has 3 amide bonds. The van der Waals surface area contributed by atoms with Gasteiger partial charge in [-0.2, -0.15) is 0 Å². The summed E-state index contributed by atoms with van der Waals surface area (Å²) in [5.41, 5.74) is 4.27. The number of anilines is 1. The minimum atomic E-state index is -0.699. The highest BCUT2D eigenvalue weighted by atomic mass is 16.5. The topological polar surface area (TPSA) is 100 Å². The van der Waals surface area contributed by atoms with Crippen LogP contribution in [0.4, 0.5) is 10.5 Å². The van der Waals surface area contributed by atoms with Crippen molar-refractivity contribution < 1.29 is 19.1 Å². The Kier molecular flexibility index (Phi) is 5.74. The van der Waals surface area contributed by atoms with Gasteiger partial charge in [0.1, 0.15) is 0 Å². The molecule has 28 heavy (non-hydrogen) atoms. The summed E-state index contributed by atoms with van der Waals surface area (Å²) in [5, 5.41) is 5.67. The highest BCUT2D eigenvalue weighted by Crippen LogP contribution is 2.18. The lowest BCUT2D eigenvalue weighted by Crippen LogP contribution is -2.37. The fourth-order valence-corrected chi connectivity index (χ4v) is 2.90. The fraction of sp³-hybridized carbons (Fsp3) is 0.190. The highest BCUT2D eigenvalue weighted by molar-refractivity contribution is 6.02. The Bertz CT molecular complexity index is 1040. The van der Waals surface area contributed by atoms with E-state index in [1.165, 1.54) is 0 Å². The number of aromatic amines is 1. The molecular formula is C21H21N3O4. The second-order valence-corrected chi connectivity index (χ2v) is 6.52. The van der Waals surface area contributed by atoms with E-state index < -0.39 is 24.5 Å². The summed E-state index contributed by atoms with van der Waals surface area (Å²) >= 11 is 0. The standard InChI is InChI=1S/C21H21N3O4/c1-13-7-8-17(14(2)9-13)23-21(27)24-19(25)12-28-20(26)10-15-11-22-18-6-4-3-5-16(15)18/h3-9,11,22H,10,12H2,1-2H3,(H2,23,24,25,27). The van der Waals surface area contributed by atoms with Crippen LogP contribution in [0.5, 0.6) is 0 Å². The van der Waals surface area contributed by atoms with E-state index in [2.05, 4.69) is 15.6 Å². The Labute approximate surface area is 162 Å². The highest BCUT2D eigenvalue weighted by Gasteiger charge is 2.14. The molecule has 0 unspecified atom stereocenters. The van der Waals surface area contributed by atoms with Gasteiger partial charge in [-0.3, -0.25) is 14.9 Å². The number of hydrogen-bond acceptors (Lipinski definition) is 4. The first-order valence-electron chi connectivity index (χ1n) is 8.81. The summed E-state index contributed by atoms with van der Waals surface area (Å²) in [6, 6.07) is 12.5. The first kappa shape index (κ1) is 19.2. The SMILES string of the molecule is Cc1ccc(NC(=O)NC(=O)COC(=O)Cc2c[nH]c3ccccc23)c(C)c1. The number of ether oxygens (including phenoxy) is 1. The third-order valence-corrected chi connectivity index (χ3v) is 4.26. The molecule has 0 saturated carbocycles. The van der Waals surface area contributed by atoms with Gasteiger partial charge in [0.25, 0.3) is 5.91 Å². The first-order valence-corrected chi connectivity index (χ1v) is 8.81. The maximum absolute atomic E-state index is 12.0. The van der Waals surface area contributed by atoms with Gasteiger partial charge in [-0.25, -0.2) is 4.79 Å². The van der Waals surface area contributed by atoms with Gasteiger partial charge in [-0.05, 0) is 37.1 Å². The second-order valence-electron chi connectivity index (χ2n) is 6.52. The van der Waals surface area contributed by atoms with E-state index in [4.69, 9.17) is 4.74 Å². The van der Waals surface area contributed by atoms with E-state index in [-0.39, 0.29) is 6.42 Å². The van der Waals surface area contributed by atoms with E-state index >= 15 is 0 Å². The lowest BCUT2D eigenvalue weighted by molar-refractivity contribution is -0.147. The average molecular weight is 379 g/mol. The quantitative estimate of drug-likeness (QED) is 0.593. The number of rotatable bonds is 5. The van der Waals surface area contributed by atoms with Crippen molar-refractivity contribution in [2.45, 2.75) is 20.3 Å². The number of H-pyrrole nitrogens is 1. The molecule has 0 aliphatic carbocycles. The molecule has 2 aromatic carbocycles. The first-order chi connectivity index (χ1) is 13.4. The van der Waals surface area contributed by atoms with Crippen molar-refractivity contribution in [1.29, 1.82) is 0 Å². The molecule has 0 atom stereocenters. The number of aromatic nitrogens is 1. The van der Waals surface area contributed by atoms with Crippen LogP contribution in [-0.2, 0) is 20.7 Å². The summed E-state index contributed by atoms with van der Waals surface area (Å²) < 4.78 is 4.97. The van der Waals surface area contributed by atoms with Crippen LogP contribution >= 0.6 is 0 Å². The number of urea groups is 1. The molecule has 0 bridgehead atoms. The van der Waals surface area contributed by atoms with Crippen molar-refractivity contribution in [2.24, 2.45) is 0 Å². The second kappa shape index (κ2) is 8.39. The Morgan fingerprint density at radius 1 is 1.07 bits per heavy atom. The molecular weight excluding hydrogens is 358 g/mol. The van der Waals surface area contributed by atoms with E-state index in [9.17, 15) is 14.4 Å². The van der Waals surface area contributed by atoms with E-state index in [0.717, 1.165) is 27.6 Å². The van der Waals surface area contributed by atoms with Gasteiger partial charge < -0.3 is 15.0 Å². The van der Waals surface area contributed by atoms with Gasteiger partial charge in [-0.15, -0.1) is 0 Å². The normalized spacial score (nSPS) is 10.5. The number of hydrogen-bond donors (Lipinski definition) is 3. The number of carbonyl (C=O) groups is 3. The van der Waals surface area contributed by atoms with Gasteiger partial charge in [0, 0.05) is 22.8 Å². The predicted molar refractivity (Wildman–Crippen MR) is 106 cm³/mol. The zero-order valence-electron chi connectivity index (χ0n) is 15.7. The van der Waals surface area contributed by atoms with Crippen molar-refractivity contribution in [1.82, 2.24) is 10.3 Å². The lowest BCUT2D eigenvalue weighted by Gasteiger charge is -2.10. The van der Waals surface area contributed by atoms with Crippen LogP contribution in [0.15, 0.2) is 48.7 Å². The fourth-order valence-electron chi connectivity index (χ4n) is 2.90. The number of nitrogens with one attached hydrogen (secondary N) is 3. The van der Waals surface area contributed by atoms with E-state index in [0.29, 0.717) is 5.69 Å². The number of benzene rings is 2. The predicted octanol–water partition coefficient (Wildman–Crippen LogP) is 3.22. The molecule has 1 heterocycles. The zero-order chi connectivity index (χ0) is 20.1. The van der Waals surface area contributed by atoms with Crippen LogP contribution in [0.25, 0.3) is 10.9 Å². The Morgan fingerprint density at radius 2 is 1.86 bits per heavy atom. The van der Waals surface area contributed by atoms with E-state index in [1.807, 2.05) is 50.2 Å². The number of esters is 1. The minimum absolute atomic E-state index is 0.0338. The molecule has 0 radical (unpaired) electrons. The maximum Gasteiger partial charge on any atom is 0.325 e. The Morgan fingerprint density at radius 3 is 2.64 bits per heavy atom. The zero-order valence-corrected chi connectivity index (χ0v) is 15.7. The number of imide groups is 1. The summed E-state index contributed by atoms with van der Waals surface area (Å²) in [4.78, 5) is 38.8. The van der Waals surface area contributed by atoms with Gasteiger partial charge in [0.2, 0.25) is 0 Å². The van der Waals surface area contributed by atoms with Crippen molar-refractivity contribution in [3.8, 4) is 0 Å². The average Bonchev–Trinajstić information content (AvgIpc) is 3.05. The molecule has 3 rings (SSSR count). The number of para-hydroxylation sites is 1. The smallest absolute Gasteiger partial charge is 0.325 e. The summed E-state index contributed by atoms with van der Waals surface area (Å²) in [6.45, 7) is 3.28. The molecule has 7 nitrogen and oxygen atoms in total. The van der Waals surface area contributed by atoms with Crippen LogP contribution < -0.4 is 10.6 Å². The largest absolute Gasteiger partial charge is 0.455 e. The number of fused-ring (bicyclic) bond motifs is 1. The van der Waals surface area contributed by atoms with Crippen molar-refractivity contribution in [3.63, 3.8) is 0 Å². The van der Waals surface area contributed by atoms with Crippen molar-refractivity contribution in [3.05, 3.63) is 65.4 Å². The maximum atomic E-state index is 12.0. The molecule has 144 valence electrons. The summed E-state index contributed by atoms with van der Waals surface area (Å²) in [7, 11) is 0. The van der Waals surface area contributed by atoms with Gasteiger partial charge in [-0.1, -0.05) is 35.9 Å². The molecule has 7 heteroatoms. The summed E-state index contributed by atoms with van der Waals surface area (Å²) in [5.74, 6) is -1.25. The van der Waals surface area contributed by atoms with Crippen LogP contribution in [0, 0.1) is 13.8 Å². The van der Waals surface area contributed by atoms with E-state index in [1.54, 1.807) is 12.3 Å². The molecule has 3 aromatic rings. The minimum Gasteiger partial charge on any atom is -0.455 e. The molecule has 3 N–H and O–H groups in total. The van der Waals surface area contributed by atoms with Crippen LogP contribution in [0.3, 0.4) is 0 Å². The number of aryl methyl sites for hydroxylation is 2. The molecule has 0 aliphatic heterocycles. The van der Waals surface area contributed by atoms with Crippen LogP contribution in [-0.4, -0.2) is 29.5 Å². The van der Waals surface area contributed by atoms with Crippen molar-refractivity contribution in [2.75, 3.05) is 11.9 Å². The monoisotopic (exact) mass is 379 g/mol. The molecule has 0 fully saturated rings. The third-order valence-electron chi connectivity index (χ3n) is 4.26. The van der Waals surface area contributed by atoms with Crippen LogP contribution in [0.2, 0.25) is 0 Å². The Hall–Kier alpha value is -3.61. The Balaban J connectivity index is 1.47. The van der Waals surface area contributed by atoms with Gasteiger partial charge >= 0.3 is 12.0 Å². The number of carbonyl (C=O) groups excluding carboxylic acids is 3. The lowest BCUT2D eigenvalue weighted by atomic mass is 10.1. The van der Waals surface area contributed by atoms with Crippen molar-refractivity contribution >= 4 is 34.5 Å². The van der Waals surface area contributed by atoms with Crippen LogP contribution in [0.1, 0.15) is 16.7 Å². The van der Waals surface area contributed by atoms with Gasteiger partial charge in [0.15, 0.2) is 6.61 Å². The molecule has 1 aromatic heterocycles. The molecule has 0 spiro atoms.